The van der Waals surface area contributed by atoms with Crippen LogP contribution in [0.4, 0.5) is 5.69 Å². The Labute approximate surface area is 137 Å². The summed E-state index contributed by atoms with van der Waals surface area (Å²) in [5.41, 5.74) is 4.70. The van der Waals surface area contributed by atoms with E-state index in [0.717, 1.165) is 29.8 Å². The van der Waals surface area contributed by atoms with Gasteiger partial charge in [-0.05, 0) is 43.2 Å². The van der Waals surface area contributed by atoms with E-state index in [-0.39, 0.29) is 0 Å². The van der Waals surface area contributed by atoms with E-state index in [1.807, 2.05) is 36.4 Å². The smallest absolute Gasteiger partial charge is 0.102 e. The molecule has 0 bridgehead atoms. The van der Waals surface area contributed by atoms with E-state index in [1.54, 1.807) is 0 Å². The third-order valence-corrected chi connectivity index (χ3v) is 3.65. The highest BCUT2D eigenvalue weighted by Gasteiger charge is 2.09. The monoisotopic (exact) mass is 310 g/mol. The Kier molecular flexibility index (Phi) is 5.63. The van der Waals surface area contributed by atoms with Crippen LogP contribution in [0.2, 0.25) is 5.02 Å². The van der Waals surface area contributed by atoms with Gasteiger partial charge in [0.2, 0.25) is 0 Å². The van der Waals surface area contributed by atoms with Gasteiger partial charge >= 0.3 is 0 Å². The van der Waals surface area contributed by atoms with Crippen LogP contribution in [0.15, 0.2) is 54.2 Å². The number of nitriles is 1. The van der Waals surface area contributed by atoms with Crippen molar-refractivity contribution in [1.29, 1.82) is 5.26 Å². The largest absolute Gasteiger partial charge is 0.358 e. The number of nitrogens with one attached hydrogen (secondary N) is 1. The zero-order chi connectivity index (χ0) is 15.9. The maximum Gasteiger partial charge on any atom is 0.102 e. The first-order valence-corrected chi connectivity index (χ1v) is 7.74. The summed E-state index contributed by atoms with van der Waals surface area (Å²) < 4.78 is 0. The van der Waals surface area contributed by atoms with Gasteiger partial charge in [0.25, 0.3) is 0 Å². The Hall–Kier alpha value is -2.24. The van der Waals surface area contributed by atoms with Crippen LogP contribution in [0.1, 0.15) is 30.9 Å². The molecule has 0 heterocycles. The molecule has 1 N–H and O–H groups in total. The minimum absolute atomic E-state index is 0.666. The number of benzene rings is 2. The molecule has 3 heteroatoms. The van der Waals surface area contributed by atoms with Crippen molar-refractivity contribution in [1.82, 2.24) is 0 Å². The number of hydrogen-bond acceptors (Lipinski definition) is 2. The van der Waals surface area contributed by atoms with E-state index in [4.69, 9.17) is 11.6 Å². The number of aryl methyl sites for hydroxylation is 1. The number of rotatable bonds is 5. The number of allylic oxidation sites excluding steroid dienone is 2. The van der Waals surface area contributed by atoms with Crippen molar-refractivity contribution >= 4 is 22.9 Å². The maximum atomic E-state index is 9.59. The molecule has 0 aliphatic heterocycles. The molecule has 22 heavy (non-hydrogen) atoms. The zero-order valence-corrected chi connectivity index (χ0v) is 13.6. The molecular weight excluding hydrogens is 292 g/mol. The van der Waals surface area contributed by atoms with E-state index in [2.05, 4.69) is 37.4 Å². The minimum atomic E-state index is 0.666. The van der Waals surface area contributed by atoms with Gasteiger partial charge < -0.3 is 5.32 Å². The van der Waals surface area contributed by atoms with Crippen LogP contribution in [0.5, 0.6) is 0 Å². The van der Waals surface area contributed by atoms with Crippen LogP contribution in [-0.2, 0) is 0 Å². The Morgan fingerprint density at radius 1 is 1.09 bits per heavy atom. The fourth-order valence-corrected chi connectivity index (χ4v) is 2.36. The Bertz CT molecular complexity index is 692. The van der Waals surface area contributed by atoms with Crippen molar-refractivity contribution in [2.45, 2.75) is 26.7 Å². The van der Waals surface area contributed by atoms with Crippen LogP contribution in [0.3, 0.4) is 0 Å². The highest BCUT2D eigenvalue weighted by Crippen LogP contribution is 2.24. The van der Waals surface area contributed by atoms with Gasteiger partial charge in [-0.25, -0.2) is 0 Å². The highest BCUT2D eigenvalue weighted by molar-refractivity contribution is 6.30. The third kappa shape index (κ3) is 4.13. The average Bonchev–Trinajstić information content (AvgIpc) is 2.52. The SMILES string of the molecule is CCC/C(Nc1ccc(C)cc1)=C(/C#N)c1ccc(Cl)cc1. The van der Waals surface area contributed by atoms with Gasteiger partial charge in [0, 0.05) is 16.4 Å². The lowest BCUT2D eigenvalue weighted by Gasteiger charge is -2.14. The molecule has 0 spiro atoms. The van der Waals surface area contributed by atoms with Gasteiger partial charge in [0.15, 0.2) is 0 Å². The van der Waals surface area contributed by atoms with Gasteiger partial charge in [0.05, 0.1) is 5.57 Å². The molecule has 2 aromatic rings. The molecule has 0 saturated heterocycles. The summed E-state index contributed by atoms with van der Waals surface area (Å²) in [5.74, 6) is 0. The highest BCUT2D eigenvalue weighted by atomic mass is 35.5. The molecule has 0 aromatic heterocycles. The molecule has 0 atom stereocenters. The molecule has 2 nitrogen and oxygen atoms in total. The standard InChI is InChI=1S/C19H19ClN2/c1-3-4-19(22-17-11-5-14(2)6-12-17)18(13-21)15-7-9-16(20)10-8-15/h5-12,22H,3-4H2,1-2H3/b19-18+. The summed E-state index contributed by atoms with van der Waals surface area (Å²) >= 11 is 5.93. The molecular formula is C19H19ClN2. The first-order chi connectivity index (χ1) is 10.6. The van der Waals surface area contributed by atoms with Crippen molar-refractivity contribution in [2.24, 2.45) is 0 Å². The number of anilines is 1. The minimum Gasteiger partial charge on any atom is -0.358 e. The first-order valence-electron chi connectivity index (χ1n) is 7.37. The van der Waals surface area contributed by atoms with Crippen molar-refractivity contribution < 1.29 is 0 Å². The fraction of sp³-hybridized carbons (Fsp3) is 0.211. The van der Waals surface area contributed by atoms with Gasteiger partial charge in [-0.1, -0.05) is 54.8 Å². The van der Waals surface area contributed by atoms with E-state index in [0.29, 0.717) is 10.6 Å². The average molecular weight is 311 g/mol. The van der Waals surface area contributed by atoms with Crippen molar-refractivity contribution in [3.05, 3.63) is 70.4 Å². The Balaban J connectivity index is 2.39. The molecule has 112 valence electrons. The lowest BCUT2D eigenvalue weighted by atomic mass is 10.0. The second-order valence-corrected chi connectivity index (χ2v) is 5.65. The maximum absolute atomic E-state index is 9.59. The number of nitrogens with zero attached hydrogens (tertiary/aromatic N) is 1. The molecule has 2 aromatic carbocycles. The van der Waals surface area contributed by atoms with Crippen molar-refractivity contribution in [2.75, 3.05) is 5.32 Å². The second-order valence-electron chi connectivity index (χ2n) is 5.21. The lowest BCUT2D eigenvalue weighted by molar-refractivity contribution is 0.912. The number of hydrogen-bond donors (Lipinski definition) is 1. The summed E-state index contributed by atoms with van der Waals surface area (Å²) in [4.78, 5) is 0. The van der Waals surface area contributed by atoms with E-state index >= 15 is 0 Å². The summed E-state index contributed by atoms with van der Waals surface area (Å²) in [6.07, 6.45) is 1.78. The third-order valence-electron chi connectivity index (χ3n) is 3.39. The van der Waals surface area contributed by atoms with E-state index in [9.17, 15) is 5.26 Å². The van der Waals surface area contributed by atoms with Gasteiger partial charge in [-0.2, -0.15) is 5.26 Å². The van der Waals surface area contributed by atoms with E-state index in [1.165, 1.54) is 5.56 Å². The molecule has 0 aliphatic carbocycles. The summed E-state index contributed by atoms with van der Waals surface area (Å²) in [5, 5.41) is 13.7. The Morgan fingerprint density at radius 2 is 1.73 bits per heavy atom. The summed E-state index contributed by atoms with van der Waals surface area (Å²) in [6, 6.07) is 17.9. The molecule has 0 radical (unpaired) electrons. The van der Waals surface area contributed by atoms with Gasteiger partial charge in [-0.3, -0.25) is 0 Å². The zero-order valence-electron chi connectivity index (χ0n) is 12.9. The molecule has 0 aliphatic rings. The van der Waals surface area contributed by atoms with Gasteiger partial charge in [-0.15, -0.1) is 0 Å². The molecule has 2 rings (SSSR count). The molecule has 0 amide bonds. The first kappa shape index (κ1) is 16.1. The molecule has 0 unspecified atom stereocenters. The van der Waals surface area contributed by atoms with Crippen LogP contribution in [-0.4, -0.2) is 0 Å². The van der Waals surface area contributed by atoms with Gasteiger partial charge in [0.1, 0.15) is 6.07 Å². The summed E-state index contributed by atoms with van der Waals surface area (Å²) in [6.45, 7) is 4.16. The molecule has 0 fully saturated rings. The lowest BCUT2D eigenvalue weighted by Crippen LogP contribution is -2.03. The van der Waals surface area contributed by atoms with Crippen molar-refractivity contribution in [3.63, 3.8) is 0 Å². The van der Waals surface area contributed by atoms with Crippen LogP contribution < -0.4 is 5.32 Å². The van der Waals surface area contributed by atoms with Crippen molar-refractivity contribution in [3.8, 4) is 6.07 Å². The Morgan fingerprint density at radius 3 is 2.27 bits per heavy atom. The fourth-order valence-electron chi connectivity index (χ4n) is 2.23. The van der Waals surface area contributed by atoms with Crippen LogP contribution >= 0.6 is 11.6 Å². The quantitative estimate of drug-likeness (QED) is 0.709. The van der Waals surface area contributed by atoms with Crippen LogP contribution in [0, 0.1) is 18.3 Å². The summed E-state index contributed by atoms with van der Waals surface area (Å²) in [7, 11) is 0. The predicted octanol–water partition coefficient (Wildman–Crippen LogP) is 5.80. The van der Waals surface area contributed by atoms with E-state index < -0.39 is 0 Å². The topological polar surface area (TPSA) is 35.8 Å². The number of halogens is 1. The van der Waals surface area contributed by atoms with Crippen LogP contribution in [0.25, 0.3) is 5.57 Å². The predicted molar refractivity (Wildman–Crippen MR) is 93.7 cm³/mol. The molecule has 0 saturated carbocycles. The second kappa shape index (κ2) is 7.68. The normalized spacial score (nSPS) is 11.5.